The molecule has 0 aromatic heterocycles. The zero-order valence-electron chi connectivity index (χ0n) is 8.32. The third-order valence-electron chi connectivity index (χ3n) is 2.10. The molecule has 0 aliphatic carbocycles. The Balaban J connectivity index is 2.97. The lowest BCUT2D eigenvalue weighted by atomic mass is 9.49. The molecule has 0 aliphatic rings. The van der Waals surface area contributed by atoms with E-state index < -0.39 is 0 Å². The van der Waals surface area contributed by atoms with Gasteiger partial charge in [0.2, 0.25) is 0 Å². The van der Waals surface area contributed by atoms with Gasteiger partial charge in [-0.3, -0.25) is 0 Å². The lowest BCUT2D eigenvalue weighted by molar-refractivity contribution is 0.697. The van der Waals surface area contributed by atoms with Crippen molar-refractivity contribution >= 4 is 6.71 Å². The predicted molar refractivity (Wildman–Crippen MR) is 54.5 cm³/mol. The van der Waals surface area contributed by atoms with Crippen LogP contribution in [0.5, 0.6) is 0 Å². The van der Waals surface area contributed by atoms with E-state index in [2.05, 4.69) is 19.1 Å². The van der Waals surface area contributed by atoms with E-state index >= 15 is 0 Å². The van der Waals surface area contributed by atoms with E-state index in [0.717, 1.165) is 6.71 Å². The van der Waals surface area contributed by atoms with E-state index in [1.165, 1.54) is 38.4 Å². The molecule has 0 saturated carbocycles. The van der Waals surface area contributed by atoms with Crippen LogP contribution in [0.1, 0.15) is 32.6 Å². The third-order valence-corrected chi connectivity index (χ3v) is 2.10. The molecule has 0 aliphatic heterocycles. The minimum Gasteiger partial charge on any atom is -0.327 e. The highest BCUT2D eigenvalue weighted by Gasteiger charge is 2.03. The van der Waals surface area contributed by atoms with Crippen molar-refractivity contribution in [2.45, 2.75) is 45.8 Å². The van der Waals surface area contributed by atoms with E-state index in [0.29, 0.717) is 0 Å². The van der Waals surface area contributed by atoms with Gasteiger partial charge in [-0.15, -0.1) is 0 Å². The van der Waals surface area contributed by atoms with Gasteiger partial charge >= 0.3 is 0 Å². The number of nitrogens with one attached hydrogen (secondary N) is 1. The van der Waals surface area contributed by atoms with E-state index in [9.17, 15) is 0 Å². The summed E-state index contributed by atoms with van der Waals surface area (Å²) in [4.78, 5) is 0. The molecule has 0 radical (unpaired) electrons. The van der Waals surface area contributed by atoms with Crippen LogP contribution in [0.3, 0.4) is 0 Å². The summed E-state index contributed by atoms with van der Waals surface area (Å²) in [5.41, 5.74) is 0. The smallest absolute Gasteiger partial charge is 0.153 e. The summed E-state index contributed by atoms with van der Waals surface area (Å²) in [5, 5.41) is 3.21. The van der Waals surface area contributed by atoms with Crippen LogP contribution in [0.15, 0.2) is 0 Å². The van der Waals surface area contributed by atoms with Gasteiger partial charge in [0.05, 0.1) is 0 Å². The molecule has 0 spiro atoms. The number of unbranched alkanes of at least 4 members (excludes halogenated alkanes) is 3. The fraction of sp³-hybridized carbons (Fsp3) is 1.00. The Morgan fingerprint density at radius 1 is 1.18 bits per heavy atom. The average Bonchev–Trinajstić information content (AvgIpc) is 1.99. The zero-order chi connectivity index (χ0) is 8.53. The fourth-order valence-electron chi connectivity index (χ4n) is 1.37. The van der Waals surface area contributed by atoms with Crippen LogP contribution in [0.2, 0.25) is 13.1 Å². The van der Waals surface area contributed by atoms with Gasteiger partial charge in [0.1, 0.15) is 0 Å². The van der Waals surface area contributed by atoms with E-state index in [-0.39, 0.29) is 0 Å². The summed E-state index contributed by atoms with van der Waals surface area (Å²) in [6.45, 7) is 5.44. The summed E-state index contributed by atoms with van der Waals surface area (Å²) in [7, 11) is 2.03. The molecule has 0 bridgehead atoms. The van der Waals surface area contributed by atoms with E-state index in [1.54, 1.807) is 0 Å². The largest absolute Gasteiger partial charge is 0.327 e. The van der Waals surface area contributed by atoms with Gasteiger partial charge in [0.25, 0.3) is 0 Å². The van der Waals surface area contributed by atoms with E-state index in [1.807, 2.05) is 7.05 Å². The Morgan fingerprint density at radius 2 is 1.91 bits per heavy atom. The zero-order valence-corrected chi connectivity index (χ0v) is 8.32. The Kier molecular flexibility index (Phi) is 8.14. The third kappa shape index (κ3) is 7.93. The van der Waals surface area contributed by atoms with Crippen LogP contribution in [-0.2, 0) is 0 Å². The SMILES string of the molecule is CCCCCCB(C)CNC. The normalized spacial score (nSPS) is 10.1. The topological polar surface area (TPSA) is 12.0 Å². The molecule has 0 rings (SSSR count). The Labute approximate surface area is 72.0 Å². The summed E-state index contributed by atoms with van der Waals surface area (Å²) in [6.07, 6.45) is 8.15. The molecule has 0 aromatic carbocycles. The van der Waals surface area contributed by atoms with Crippen LogP contribution in [0.4, 0.5) is 0 Å². The van der Waals surface area contributed by atoms with Crippen LogP contribution in [-0.4, -0.2) is 20.2 Å². The molecule has 0 atom stereocenters. The van der Waals surface area contributed by atoms with Gasteiger partial charge in [-0.1, -0.05) is 45.8 Å². The molecule has 66 valence electrons. The van der Waals surface area contributed by atoms with Crippen molar-refractivity contribution in [2.75, 3.05) is 13.5 Å². The second-order valence-corrected chi connectivity index (χ2v) is 3.51. The summed E-state index contributed by atoms with van der Waals surface area (Å²) in [6, 6.07) is 0. The molecule has 0 fully saturated rings. The van der Waals surface area contributed by atoms with Crippen molar-refractivity contribution in [1.82, 2.24) is 5.32 Å². The second kappa shape index (κ2) is 8.12. The van der Waals surface area contributed by atoms with Gasteiger partial charge in [0, 0.05) is 0 Å². The lowest BCUT2D eigenvalue weighted by Gasteiger charge is -2.05. The lowest BCUT2D eigenvalue weighted by Crippen LogP contribution is -2.24. The van der Waals surface area contributed by atoms with Crippen LogP contribution >= 0.6 is 0 Å². The van der Waals surface area contributed by atoms with Crippen molar-refractivity contribution in [3.8, 4) is 0 Å². The first-order valence-corrected chi connectivity index (χ1v) is 4.95. The molecule has 2 heteroatoms. The van der Waals surface area contributed by atoms with Gasteiger partial charge in [-0.05, 0) is 13.5 Å². The summed E-state index contributed by atoms with van der Waals surface area (Å²) < 4.78 is 0. The Morgan fingerprint density at radius 3 is 2.45 bits per heavy atom. The minimum absolute atomic E-state index is 0.858. The number of rotatable bonds is 7. The first-order valence-electron chi connectivity index (χ1n) is 4.95. The van der Waals surface area contributed by atoms with Gasteiger partial charge in [0.15, 0.2) is 6.71 Å². The average molecular weight is 155 g/mol. The van der Waals surface area contributed by atoms with Crippen LogP contribution < -0.4 is 5.32 Å². The van der Waals surface area contributed by atoms with Crippen LogP contribution in [0, 0.1) is 0 Å². The molecule has 0 saturated heterocycles. The minimum atomic E-state index is 0.858. The Hall–Kier alpha value is 0.0249. The van der Waals surface area contributed by atoms with Crippen molar-refractivity contribution in [3.63, 3.8) is 0 Å². The van der Waals surface area contributed by atoms with Crippen LogP contribution in [0.25, 0.3) is 0 Å². The Bertz CT molecular complexity index is 76.0. The first kappa shape index (κ1) is 11.0. The quantitative estimate of drug-likeness (QED) is 0.439. The monoisotopic (exact) mass is 155 g/mol. The second-order valence-electron chi connectivity index (χ2n) is 3.51. The molecule has 11 heavy (non-hydrogen) atoms. The van der Waals surface area contributed by atoms with Crippen molar-refractivity contribution < 1.29 is 0 Å². The highest BCUT2D eigenvalue weighted by atomic mass is 14.8. The highest BCUT2D eigenvalue weighted by molar-refractivity contribution is 6.57. The van der Waals surface area contributed by atoms with Gasteiger partial charge in [-0.25, -0.2) is 0 Å². The number of hydrogen-bond acceptors (Lipinski definition) is 1. The molecule has 0 amide bonds. The molecule has 0 aromatic rings. The van der Waals surface area contributed by atoms with Gasteiger partial charge < -0.3 is 5.32 Å². The van der Waals surface area contributed by atoms with E-state index in [4.69, 9.17) is 0 Å². The molecule has 1 nitrogen and oxygen atoms in total. The van der Waals surface area contributed by atoms with Crippen molar-refractivity contribution in [1.29, 1.82) is 0 Å². The fourth-order valence-corrected chi connectivity index (χ4v) is 1.37. The predicted octanol–water partition coefficient (Wildman–Crippen LogP) is 2.45. The maximum Gasteiger partial charge on any atom is 0.153 e. The molecule has 1 N–H and O–H groups in total. The highest BCUT2D eigenvalue weighted by Crippen LogP contribution is 2.05. The maximum absolute atomic E-state index is 3.21. The number of hydrogen-bond donors (Lipinski definition) is 1. The summed E-state index contributed by atoms with van der Waals surface area (Å²) >= 11 is 0. The standard InChI is InChI=1S/C9H22BN/c1-4-5-6-7-8-10(2)9-11-3/h11H,4-9H2,1-3H3. The maximum atomic E-state index is 3.21. The first-order chi connectivity index (χ1) is 5.31. The molecular weight excluding hydrogens is 133 g/mol. The molecule has 0 unspecified atom stereocenters. The van der Waals surface area contributed by atoms with Crippen molar-refractivity contribution in [3.05, 3.63) is 0 Å². The van der Waals surface area contributed by atoms with Gasteiger partial charge in [-0.2, -0.15) is 0 Å². The summed E-state index contributed by atoms with van der Waals surface area (Å²) in [5.74, 6) is 0. The molecular formula is C9H22BN. The molecule has 0 heterocycles. The van der Waals surface area contributed by atoms with Crippen molar-refractivity contribution in [2.24, 2.45) is 0 Å².